The van der Waals surface area contributed by atoms with Crippen molar-refractivity contribution in [2.24, 2.45) is 0 Å². The molecule has 0 spiro atoms. The Balaban J connectivity index is 1.91. The summed E-state index contributed by atoms with van der Waals surface area (Å²) in [5.41, 5.74) is 1.88. The van der Waals surface area contributed by atoms with Crippen molar-refractivity contribution < 1.29 is 14.6 Å². The predicted molar refractivity (Wildman–Crippen MR) is 73.0 cm³/mol. The van der Waals surface area contributed by atoms with Crippen LogP contribution in [0.3, 0.4) is 0 Å². The molecule has 1 aromatic rings. The highest BCUT2D eigenvalue weighted by Crippen LogP contribution is 2.33. The fourth-order valence-corrected chi connectivity index (χ4v) is 2.40. The van der Waals surface area contributed by atoms with Crippen LogP contribution in [-0.4, -0.2) is 23.2 Å². The molecule has 2 rings (SSSR count). The van der Waals surface area contributed by atoms with Crippen molar-refractivity contribution in [1.29, 1.82) is 0 Å². The van der Waals surface area contributed by atoms with Crippen molar-refractivity contribution in [1.82, 2.24) is 5.32 Å². The topological polar surface area (TPSA) is 58.6 Å². The summed E-state index contributed by atoms with van der Waals surface area (Å²) in [6, 6.07) is 5.57. The monoisotopic (exact) mass is 263 g/mol. The molecular formula is C15H21NO3. The van der Waals surface area contributed by atoms with Crippen molar-refractivity contribution in [2.45, 2.75) is 45.3 Å². The van der Waals surface area contributed by atoms with Crippen LogP contribution in [0.2, 0.25) is 0 Å². The van der Waals surface area contributed by atoms with E-state index in [9.17, 15) is 9.90 Å². The van der Waals surface area contributed by atoms with E-state index in [1.807, 2.05) is 26.8 Å². The fraction of sp³-hybridized carbons (Fsp3) is 0.533. The zero-order valence-electron chi connectivity index (χ0n) is 11.7. The second-order valence-electron chi connectivity index (χ2n) is 5.94. The Bertz CT molecular complexity index is 477. The maximum absolute atomic E-state index is 11.7. The van der Waals surface area contributed by atoms with Crippen LogP contribution >= 0.6 is 0 Å². The van der Waals surface area contributed by atoms with Crippen molar-refractivity contribution in [2.75, 3.05) is 6.54 Å². The third-order valence-corrected chi connectivity index (χ3v) is 3.12. The number of carbonyl (C=O) groups excluding carboxylic acids is 1. The van der Waals surface area contributed by atoms with E-state index in [2.05, 4.69) is 5.32 Å². The number of benzene rings is 1. The van der Waals surface area contributed by atoms with E-state index < -0.39 is 5.60 Å². The van der Waals surface area contributed by atoms with E-state index in [0.29, 0.717) is 5.75 Å². The SMILES string of the molecule is CC(C)(C)OC(=O)CNC1CCc2cc(O)ccc21. The molecular weight excluding hydrogens is 242 g/mol. The van der Waals surface area contributed by atoms with Gasteiger partial charge in [0.15, 0.2) is 0 Å². The summed E-state index contributed by atoms with van der Waals surface area (Å²) < 4.78 is 5.26. The molecule has 4 nitrogen and oxygen atoms in total. The van der Waals surface area contributed by atoms with Crippen LogP contribution in [0.4, 0.5) is 0 Å². The molecule has 0 aliphatic heterocycles. The number of aromatic hydroxyl groups is 1. The molecule has 1 atom stereocenters. The van der Waals surface area contributed by atoms with Crippen LogP contribution in [0.1, 0.15) is 44.4 Å². The molecule has 0 heterocycles. The molecule has 0 amide bonds. The number of esters is 1. The lowest BCUT2D eigenvalue weighted by Gasteiger charge is -2.21. The highest BCUT2D eigenvalue weighted by Gasteiger charge is 2.24. The number of phenols is 1. The summed E-state index contributed by atoms with van der Waals surface area (Å²) in [6.45, 7) is 5.79. The molecule has 0 fully saturated rings. The van der Waals surface area contributed by atoms with E-state index in [0.717, 1.165) is 18.4 Å². The molecule has 2 N–H and O–H groups in total. The summed E-state index contributed by atoms with van der Waals surface area (Å²) in [5.74, 6) is 0.0614. The molecule has 0 radical (unpaired) electrons. The third kappa shape index (κ3) is 3.70. The first-order chi connectivity index (χ1) is 8.85. The number of fused-ring (bicyclic) bond motifs is 1. The summed E-state index contributed by atoms with van der Waals surface area (Å²) in [4.78, 5) is 11.7. The Morgan fingerprint density at radius 1 is 1.47 bits per heavy atom. The number of carbonyl (C=O) groups is 1. The van der Waals surface area contributed by atoms with Crippen molar-refractivity contribution in [3.05, 3.63) is 29.3 Å². The number of aryl methyl sites for hydroxylation is 1. The summed E-state index contributed by atoms with van der Waals surface area (Å²) in [5, 5.41) is 12.7. The van der Waals surface area contributed by atoms with Gasteiger partial charge in [-0.3, -0.25) is 4.79 Å². The molecule has 1 unspecified atom stereocenters. The Kier molecular flexibility index (Phi) is 3.80. The Labute approximate surface area is 113 Å². The zero-order valence-corrected chi connectivity index (χ0v) is 11.7. The maximum atomic E-state index is 11.7. The number of phenolic OH excluding ortho intramolecular Hbond substituents is 1. The van der Waals surface area contributed by atoms with E-state index in [4.69, 9.17) is 4.74 Å². The lowest BCUT2D eigenvalue weighted by atomic mass is 10.1. The van der Waals surface area contributed by atoms with Gasteiger partial charge < -0.3 is 15.2 Å². The molecule has 0 aromatic heterocycles. The van der Waals surface area contributed by atoms with Crippen LogP contribution in [0.25, 0.3) is 0 Å². The molecule has 1 aromatic carbocycles. The third-order valence-electron chi connectivity index (χ3n) is 3.12. The summed E-state index contributed by atoms with van der Waals surface area (Å²) >= 11 is 0. The van der Waals surface area contributed by atoms with Gasteiger partial charge in [0.1, 0.15) is 11.4 Å². The number of ether oxygens (including phenoxy) is 1. The van der Waals surface area contributed by atoms with Gasteiger partial charge in [-0.1, -0.05) is 6.07 Å². The highest BCUT2D eigenvalue weighted by atomic mass is 16.6. The van der Waals surface area contributed by atoms with E-state index >= 15 is 0 Å². The standard InChI is InChI=1S/C15H21NO3/c1-15(2,3)19-14(18)9-16-13-7-4-10-8-11(17)5-6-12(10)13/h5-6,8,13,16-17H,4,7,9H2,1-3H3. The predicted octanol–water partition coefficient (Wildman–Crippen LogP) is 2.31. The first kappa shape index (κ1) is 13.9. The minimum absolute atomic E-state index is 0.170. The molecule has 104 valence electrons. The molecule has 0 saturated heterocycles. The largest absolute Gasteiger partial charge is 0.508 e. The van der Waals surface area contributed by atoms with Gasteiger partial charge in [0, 0.05) is 6.04 Å². The molecule has 0 saturated carbocycles. The summed E-state index contributed by atoms with van der Waals surface area (Å²) in [7, 11) is 0. The molecule has 1 aliphatic rings. The molecule has 19 heavy (non-hydrogen) atoms. The number of rotatable bonds is 3. The van der Waals surface area contributed by atoms with Crippen LogP contribution < -0.4 is 5.32 Å². The molecule has 1 aliphatic carbocycles. The van der Waals surface area contributed by atoms with Crippen LogP contribution in [0.5, 0.6) is 5.75 Å². The second-order valence-corrected chi connectivity index (χ2v) is 5.94. The number of nitrogens with one attached hydrogen (secondary N) is 1. The van der Waals surface area contributed by atoms with Gasteiger partial charge in [-0.2, -0.15) is 0 Å². The number of hydrogen-bond donors (Lipinski definition) is 2. The van der Waals surface area contributed by atoms with Gasteiger partial charge >= 0.3 is 5.97 Å². The van der Waals surface area contributed by atoms with Crippen molar-refractivity contribution in [3.8, 4) is 5.75 Å². The van der Waals surface area contributed by atoms with Crippen LogP contribution in [0, 0.1) is 0 Å². The quantitative estimate of drug-likeness (QED) is 0.822. The first-order valence-electron chi connectivity index (χ1n) is 6.62. The van der Waals surface area contributed by atoms with Crippen LogP contribution in [0.15, 0.2) is 18.2 Å². The second kappa shape index (κ2) is 5.21. The first-order valence-corrected chi connectivity index (χ1v) is 6.62. The van der Waals surface area contributed by atoms with Crippen LogP contribution in [-0.2, 0) is 16.0 Å². The Morgan fingerprint density at radius 2 is 2.21 bits per heavy atom. The van der Waals surface area contributed by atoms with Gasteiger partial charge in [-0.05, 0) is 56.9 Å². The van der Waals surface area contributed by atoms with Crippen molar-refractivity contribution >= 4 is 5.97 Å². The minimum Gasteiger partial charge on any atom is -0.508 e. The lowest BCUT2D eigenvalue weighted by molar-refractivity contribution is -0.153. The molecule has 0 bridgehead atoms. The fourth-order valence-electron chi connectivity index (χ4n) is 2.40. The van der Waals surface area contributed by atoms with Gasteiger partial charge in [-0.25, -0.2) is 0 Å². The van der Waals surface area contributed by atoms with Gasteiger partial charge in [0.05, 0.1) is 6.54 Å². The van der Waals surface area contributed by atoms with Crippen molar-refractivity contribution in [3.63, 3.8) is 0 Å². The Hall–Kier alpha value is -1.55. The van der Waals surface area contributed by atoms with E-state index in [1.54, 1.807) is 12.1 Å². The smallest absolute Gasteiger partial charge is 0.320 e. The lowest BCUT2D eigenvalue weighted by Crippen LogP contribution is -2.32. The van der Waals surface area contributed by atoms with Gasteiger partial charge in [0.25, 0.3) is 0 Å². The average molecular weight is 263 g/mol. The average Bonchev–Trinajstić information content (AvgIpc) is 2.66. The zero-order chi connectivity index (χ0) is 14.0. The van der Waals surface area contributed by atoms with Gasteiger partial charge in [-0.15, -0.1) is 0 Å². The van der Waals surface area contributed by atoms with E-state index in [1.165, 1.54) is 5.56 Å². The summed E-state index contributed by atoms with van der Waals surface area (Å²) in [6.07, 6.45) is 1.87. The minimum atomic E-state index is -0.446. The normalized spacial score (nSPS) is 18.2. The highest BCUT2D eigenvalue weighted by molar-refractivity contribution is 5.72. The maximum Gasteiger partial charge on any atom is 0.320 e. The molecule has 4 heteroatoms. The number of hydrogen-bond acceptors (Lipinski definition) is 4. The van der Waals surface area contributed by atoms with E-state index in [-0.39, 0.29) is 18.6 Å². The van der Waals surface area contributed by atoms with Gasteiger partial charge in [0.2, 0.25) is 0 Å². The Morgan fingerprint density at radius 3 is 2.89 bits per heavy atom.